The normalized spacial score (nSPS) is 26.4. The number of nitrogens with two attached hydrogens (primary N) is 1. The van der Waals surface area contributed by atoms with Crippen LogP contribution in [-0.2, 0) is 14.3 Å². The van der Waals surface area contributed by atoms with E-state index in [0.717, 1.165) is 18.5 Å². The third kappa shape index (κ3) is 4.34. The molecule has 2 N–H and O–H groups in total. The Bertz CT molecular complexity index is 739. The maximum Gasteiger partial charge on any atom is 0.309 e. The third-order valence-electron chi connectivity index (χ3n) is 5.84. The van der Waals surface area contributed by atoms with Gasteiger partial charge in [0, 0.05) is 18.6 Å². The van der Waals surface area contributed by atoms with E-state index >= 15 is 0 Å². The van der Waals surface area contributed by atoms with Crippen LogP contribution >= 0.6 is 11.6 Å². The van der Waals surface area contributed by atoms with E-state index in [4.69, 9.17) is 22.1 Å². The summed E-state index contributed by atoms with van der Waals surface area (Å²) in [5.74, 6) is -0.194. The standard InChI is InChI=1S/C21H30ClN3O3/c1-4-7-14-10-18(28-20(14)27)16(23)11-24-12-19(26)25(13-21(24,2)3)17-9-6-5-8-15(17)22/h5-6,8-9,14,16,18H,4,7,10-13,23H2,1-3H3/t14-,16?,18+/m1/s1. The molecule has 1 amide bonds. The van der Waals surface area contributed by atoms with Gasteiger partial charge in [0.1, 0.15) is 6.10 Å². The highest BCUT2D eigenvalue weighted by Gasteiger charge is 2.42. The summed E-state index contributed by atoms with van der Waals surface area (Å²) in [6, 6.07) is 7.07. The van der Waals surface area contributed by atoms with Crippen LogP contribution in [0.1, 0.15) is 40.0 Å². The van der Waals surface area contributed by atoms with Crippen LogP contribution in [0.25, 0.3) is 0 Å². The smallest absolute Gasteiger partial charge is 0.309 e. The van der Waals surface area contributed by atoms with Crippen LogP contribution in [0.3, 0.4) is 0 Å². The molecule has 2 fully saturated rings. The molecule has 0 aliphatic carbocycles. The van der Waals surface area contributed by atoms with E-state index in [1.165, 1.54) is 0 Å². The first kappa shape index (κ1) is 21.1. The lowest BCUT2D eigenvalue weighted by atomic mass is 9.94. The summed E-state index contributed by atoms with van der Waals surface area (Å²) in [4.78, 5) is 28.7. The Hall–Kier alpha value is -1.63. The number of para-hydroxylation sites is 1. The molecule has 2 saturated heterocycles. The van der Waals surface area contributed by atoms with Crippen LogP contribution < -0.4 is 10.6 Å². The summed E-state index contributed by atoms with van der Waals surface area (Å²) in [6.45, 7) is 7.53. The Morgan fingerprint density at radius 1 is 1.32 bits per heavy atom. The monoisotopic (exact) mass is 407 g/mol. The summed E-state index contributed by atoms with van der Waals surface area (Å²) in [7, 11) is 0. The van der Waals surface area contributed by atoms with Crippen molar-refractivity contribution < 1.29 is 14.3 Å². The molecule has 1 aromatic rings. The topological polar surface area (TPSA) is 75.9 Å². The van der Waals surface area contributed by atoms with Crippen LogP contribution in [0.5, 0.6) is 0 Å². The number of halogens is 1. The van der Waals surface area contributed by atoms with Gasteiger partial charge in [0.25, 0.3) is 0 Å². The third-order valence-corrected chi connectivity index (χ3v) is 6.15. The molecule has 7 heteroatoms. The fourth-order valence-electron chi connectivity index (χ4n) is 4.13. The van der Waals surface area contributed by atoms with Gasteiger partial charge in [-0.3, -0.25) is 14.5 Å². The second kappa shape index (κ2) is 8.39. The van der Waals surface area contributed by atoms with Crippen molar-refractivity contribution in [3.8, 4) is 0 Å². The van der Waals surface area contributed by atoms with Crippen molar-refractivity contribution >= 4 is 29.2 Å². The van der Waals surface area contributed by atoms with Gasteiger partial charge in [0.2, 0.25) is 5.91 Å². The lowest BCUT2D eigenvalue weighted by Gasteiger charge is -2.47. The van der Waals surface area contributed by atoms with E-state index in [-0.39, 0.29) is 42.0 Å². The SMILES string of the molecule is CCC[C@@H]1C[C@@H](C(N)CN2CC(=O)N(c3ccccc3Cl)CC2(C)C)OC1=O. The second-order valence-corrected chi connectivity index (χ2v) is 8.89. The van der Waals surface area contributed by atoms with E-state index < -0.39 is 0 Å². The Kier molecular flexibility index (Phi) is 6.32. The molecule has 2 aliphatic heterocycles. The van der Waals surface area contributed by atoms with Gasteiger partial charge in [-0.25, -0.2) is 0 Å². The highest BCUT2D eigenvalue weighted by Crippen LogP contribution is 2.32. The summed E-state index contributed by atoms with van der Waals surface area (Å²) in [5, 5.41) is 0.566. The van der Waals surface area contributed by atoms with Crippen molar-refractivity contribution in [3.63, 3.8) is 0 Å². The predicted octanol–water partition coefficient (Wildman–Crippen LogP) is 2.83. The maximum atomic E-state index is 12.8. The van der Waals surface area contributed by atoms with E-state index in [1.807, 2.05) is 18.2 Å². The molecule has 0 aromatic heterocycles. The zero-order valence-electron chi connectivity index (χ0n) is 16.9. The molecule has 6 nitrogen and oxygen atoms in total. The van der Waals surface area contributed by atoms with Crippen molar-refractivity contribution in [2.45, 2.75) is 57.7 Å². The molecule has 0 bridgehead atoms. The minimum Gasteiger partial charge on any atom is -0.460 e. The van der Waals surface area contributed by atoms with Crippen LogP contribution in [0.2, 0.25) is 5.02 Å². The first-order chi connectivity index (χ1) is 13.2. The van der Waals surface area contributed by atoms with Gasteiger partial charge in [-0.05, 0) is 38.8 Å². The van der Waals surface area contributed by atoms with Crippen molar-refractivity contribution in [1.29, 1.82) is 0 Å². The van der Waals surface area contributed by atoms with E-state index in [0.29, 0.717) is 24.5 Å². The Morgan fingerprint density at radius 3 is 2.71 bits per heavy atom. The van der Waals surface area contributed by atoms with Gasteiger partial charge in [0.05, 0.1) is 29.2 Å². The molecule has 2 heterocycles. The lowest BCUT2D eigenvalue weighted by molar-refractivity contribution is -0.145. The van der Waals surface area contributed by atoms with E-state index in [1.54, 1.807) is 11.0 Å². The van der Waals surface area contributed by atoms with Crippen molar-refractivity contribution in [2.24, 2.45) is 11.7 Å². The zero-order chi connectivity index (χ0) is 20.5. The van der Waals surface area contributed by atoms with Gasteiger partial charge in [-0.1, -0.05) is 37.1 Å². The van der Waals surface area contributed by atoms with Gasteiger partial charge in [-0.2, -0.15) is 0 Å². The molecular formula is C21H30ClN3O3. The number of carbonyl (C=O) groups excluding carboxylic acids is 2. The first-order valence-electron chi connectivity index (χ1n) is 9.99. The highest BCUT2D eigenvalue weighted by atomic mass is 35.5. The largest absolute Gasteiger partial charge is 0.460 e. The first-order valence-corrected chi connectivity index (χ1v) is 10.4. The number of carbonyl (C=O) groups is 2. The molecule has 3 rings (SSSR count). The maximum absolute atomic E-state index is 12.8. The molecule has 0 spiro atoms. The van der Waals surface area contributed by atoms with Gasteiger partial charge in [-0.15, -0.1) is 0 Å². The average Bonchev–Trinajstić information content (AvgIpc) is 3.00. The average molecular weight is 408 g/mol. The fraction of sp³-hybridized carbons (Fsp3) is 0.619. The van der Waals surface area contributed by atoms with Crippen LogP contribution in [0, 0.1) is 5.92 Å². The zero-order valence-corrected chi connectivity index (χ0v) is 17.6. The number of hydrogen-bond acceptors (Lipinski definition) is 5. The molecule has 1 aromatic carbocycles. The second-order valence-electron chi connectivity index (χ2n) is 8.48. The highest BCUT2D eigenvalue weighted by molar-refractivity contribution is 6.33. The Balaban J connectivity index is 1.67. The predicted molar refractivity (Wildman–Crippen MR) is 110 cm³/mol. The number of anilines is 1. The molecule has 2 aliphatic rings. The van der Waals surface area contributed by atoms with E-state index in [9.17, 15) is 9.59 Å². The van der Waals surface area contributed by atoms with Crippen LogP contribution in [0.15, 0.2) is 24.3 Å². The number of amides is 1. The number of cyclic esters (lactones) is 1. The molecule has 0 saturated carbocycles. The molecular weight excluding hydrogens is 378 g/mol. The minimum atomic E-state index is -0.315. The lowest BCUT2D eigenvalue weighted by Crippen LogP contribution is -2.64. The number of piperazine rings is 1. The van der Waals surface area contributed by atoms with Crippen molar-refractivity contribution in [1.82, 2.24) is 4.90 Å². The molecule has 0 radical (unpaired) electrons. The number of rotatable bonds is 6. The number of benzene rings is 1. The van der Waals surface area contributed by atoms with Crippen LogP contribution in [0.4, 0.5) is 5.69 Å². The molecule has 3 atom stereocenters. The van der Waals surface area contributed by atoms with Gasteiger partial charge >= 0.3 is 5.97 Å². The van der Waals surface area contributed by atoms with Crippen LogP contribution in [-0.4, -0.2) is 54.1 Å². The van der Waals surface area contributed by atoms with Crippen molar-refractivity contribution in [2.75, 3.05) is 24.5 Å². The summed E-state index contributed by atoms with van der Waals surface area (Å²) in [5.41, 5.74) is 6.85. The summed E-state index contributed by atoms with van der Waals surface area (Å²) < 4.78 is 5.53. The molecule has 1 unspecified atom stereocenters. The Morgan fingerprint density at radius 2 is 2.04 bits per heavy atom. The Labute approximate surface area is 171 Å². The quantitative estimate of drug-likeness (QED) is 0.734. The summed E-state index contributed by atoms with van der Waals surface area (Å²) in [6.07, 6.45) is 2.17. The number of nitrogens with zero attached hydrogens (tertiary/aromatic N) is 2. The number of esters is 1. The minimum absolute atomic E-state index is 0.00750. The summed E-state index contributed by atoms with van der Waals surface area (Å²) >= 11 is 6.30. The van der Waals surface area contributed by atoms with Gasteiger partial charge in [0.15, 0.2) is 0 Å². The number of hydrogen-bond donors (Lipinski definition) is 1. The van der Waals surface area contributed by atoms with Gasteiger partial charge < -0.3 is 15.4 Å². The fourth-order valence-corrected chi connectivity index (χ4v) is 4.37. The van der Waals surface area contributed by atoms with Crippen molar-refractivity contribution in [3.05, 3.63) is 29.3 Å². The number of ether oxygens (including phenoxy) is 1. The van der Waals surface area contributed by atoms with E-state index in [2.05, 4.69) is 25.7 Å². The molecule has 154 valence electrons. The molecule has 28 heavy (non-hydrogen) atoms.